The van der Waals surface area contributed by atoms with E-state index >= 15 is 0 Å². The number of benzene rings is 2. The van der Waals surface area contributed by atoms with Gasteiger partial charge in [0, 0.05) is 38.4 Å². The van der Waals surface area contributed by atoms with Gasteiger partial charge in [-0.3, -0.25) is 19.2 Å². The van der Waals surface area contributed by atoms with Gasteiger partial charge in [0.2, 0.25) is 23.6 Å². The zero-order chi connectivity index (χ0) is 32.9. The van der Waals surface area contributed by atoms with Crippen LogP contribution in [0.1, 0.15) is 43.2 Å². The van der Waals surface area contributed by atoms with Gasteiger partial charge < -0.3 is 54.4 Å². The van der Waals surface area contributed by atoms with E-state index in [0.29, 0.717) is 48.1 Å². The number of phenolic OH excluding ortho intramolecular Hbond substituents is 2. The largest absolute Gasteiger partial charge is 0.508 e. The first-order chi connectivity index (χ1) is 21.6. The normalized spacial score (nSPS) is 19.3. The van der Waals surface area contributed by atoms with Crippen LogP contribution in [0.15, 0.2) is 36.4 Å². The lowest BCUT2D eigenvalue weighted by Crippen LogP contribution is -2.57. The molecular weight excluding hydrogens is 580 g/mol. The maximum Gasteiger partial charge on any atom is 0.243 e. The number of hydrogen-bond donors (Lipinski definition) is 10. The molecule has 0 spiro atoms. The Balaban J connectivity index is 2.03. The second kappa shape index (κ2) is 17.3. The molecule has 2 aromatic rings. The maximum atomic E-state index is 13.8. The molecule has 0 saturated carbocycles. The van der Waals surface area contributed by atoms with Gasteiger partial charge in [-0.05, 0) is 85.3 Å². The Bertz CT molecular complexity index is 1340. The van der Waals surface area contributed by atoms with Gasteiger partial charge in [0.1, 0.15) is 23.6 Å². The molecular formula is C31H46N8O6. The summed E-state index contributed by atoms with van der Waals surface area (Å²) in [7, 11) is 0. The van der Waals surface area contributed by atoms with Crippen molar-refractivity contribution in [1.82, 2.24) is 21.3 Å². The van der Waals surface area contributed by atoms with Crippen LogP contribution in [0.25, 0.3) is 11.1 Å². The van der Waals surface area contributed by atoms with Crippen molar-refractivity contribution in [2.24, 2.45) is 22.9 Å². The molecule has 0 aliphatic carbocycles. The molecule has 0 fully saturated rings. The highest BCUT2D eigenvalue weighted by Gasteiger charge is 2.30. The number of carbonyl (C=O) groups excluding carboxylic acids is 4. The predicted molar refractivity (Wildman–Crippen MR) is 170 cm³/mol. The first kappa shape index (κ1) is 35.2. The van der Waals surface area contributed by atoms with Crippen molar-refractivity contribution in [2.45, 2.75) is 69.1 Å². The zero-order valence-electron chi connectivity index (χ0n) is 25.4. The topological polar surface area (TPSA) is 261 Å². The van der Waals surface area contributed by atoms with E-state index < -0.39 is 41.9 Å². The Labute approximate surface area is 262 Å². The summed E-state index contributed by atoms with van der Waals surface area (Å²) < 4.78 is 0. The van der Waals surface area contributed by atoms with E-state index in [-0.39, 0.29) is 62.7 Å². The van der Waals surface area contributed by atoms with Gasteiger partial charge in [-0.2, -0.15) is 0 Å². The van der Waals surface area contributed by atoms with Gasteiger partial charge in [-0.25, -0.2) is 0 Å². The lowest BCUT2D eigenvalue weighted by molar-refractivity contribution is -0.133. The maximum absolute atomic E-state index is 13.8. The van der Waals surface area contributed by atoms with Gasteiger partial charge in [-0.15, -0.1) is 0 Å². The molecule has 14 N–H and O–H groups in total. The van der Waals surface area contributed by atoms with Crippen molar-refractivity contribution in [3.63, 3.8) is 0 Å². The number of aromatic hydroxyl groups is 2. The summed E-state index contributed by atoms with van der Waals surface area (Å²) in [6.45, 7) is 1.15. The lowest BCUT2D eigenvalue weighted by Gasteiger charge is -2.26. The first-order valence-corrected chi connectivity index (χ1v) is 15.2. The van der Waals surface area contributed by atoms with Crippen molar-refractivity contribution in [2.75, 3.05) is 26.2 Å². The summed E-state index contributed by atoms with van der Waals surface area (Å²) in [5.74, 6) is -2.27. The van der Waals surface area contributed by atoms with Crippen molar-refractivity contribution < 1.29 is 29.4 Å². The molecule has 0 saturated heterocycles. The number of nitrogens with two attached hydrogens (primary N) is 4. The van der Waals surface area contributed by atoms with Gasteiger partial charge >= 0.3 is 0 Å². The van der Waals surface area contributed by atoms with Gasteiger partial charge in [0.15, 0.2) is 0 Å². The number of phenols is 2. The van der Waals surface area contributed by atoms with E-state index in [1.54, 1.807) is 24.3 Å². The molecule has 0 aromatic heterocycles. The van der Waals surface area contributed by atoms with Crippen LogP contribution in [-0.2, 0) is 32.0 Å². The van der Waals surface area contributed by atoms with E-state index in [2.05, 4.69) is 21.3 Å². The molecule has 14 nitrogen and oxygen atoms in total. The molecule has 4 bridgehead atoms. The van der Waals surface area contributed by atoms with Gasteiger partial charge in [-0.1, -0.05) is 12.1 Å². The minimum Gasteiger partial charge on any atom is -0.508 e. The molecule has 14 heteroatoms. The fourth-order valence-corrected chi connectivity index (χ4v) is 5.16. The first-order valence-electron chi connectivity index (χ1n) is 15.2. The summed E-state index contributed by atoms with van der Waals surface area (Å²) in [4.78, 5) is 53.0. The molecule has 0 radical (unpaired) electrons. The van der Waals surface area contributed by atoms with Crippen LogP contribution in [0.3, 0.4) is 0 Å². The highest BCUT2D eigenvalue weighted by Crippen LogP contribution is 2.31. The number of amides is 4. The van der Waals surface area contributed by atoms with Crippen molar-refractivity contribution in [3.05, 3.63) is 47.5 Å². The van der Waals surface area contributed by atoms with Crippen molar-refractivity contribution >= 4 is 23.6 Å². The molecule has 246 valence electrons. The number of rotatable bonds is 12. The lowest BCUT2D eigenvalue weighted by atomic mass is 9.95. The average Bonchev–Trinajstić information content (AvgIpc) is 3.01. The minimum atomic E-state index is -1.20. The molecule has 1 aliphatic rings. The molecule has 45 heavy (non-hydrogen) atoms. The molecule has 2 aromatic carbocycles. The Morgan fingerprint density at radius 2 is 1.49 bits per heavy atom. The van der Waals surface area contributed by atoms with E-state index in [9.17, 15) is 29.4 Å². The van der Waals surface area contributed by atoms with Gasteiger partial charge in [0.25, 0.3) is 0 Å². The molecule has 3 rings (SSSR count). The summed E-state index contributed by atoms with van der Waals surface area (Å²) in [6, 6.07) is 5.80. The standard InChI is InChI=1S/C31H46N8O6/c32-9-1-3-22(17-28(42)36-12-11-34)37-31(45)25-16-21-14-19(6-8-27(21)41)18-5-7-26(40)20(13-18)15-23(35)29(43)38-24(4-2-10-33)30(44)39-25/h5-8,13-14,22-25,40-41H,1-4,9-12,15-17,32-35H2,(H,36,42)(H,37,45)(H,38,43)(H,39,44)/t22?,23-,24-,25-/m0/s1. The second-order valence-corrected chi connectivity index (χ2v) is 11.2. The second-order valence-electron chi connectivity index (χ2n) is 11.2. The average molecular weight is 627 g/mol. The van der Waals surface area contributed by atoms with Crippen LogP contribution < -0.4 is 44.2 Å². The Hall–Kier alpha value is -4.24. The van der Waals surface area contributed by atoms with Crippen LogP contribution in [0, 0.1) is 0 Å². The van der Waals surface area contributed by atoms with E-state index in [0.717, 1.165) is 0 Å². The van der Waals surface area contributed by atoms with E-state index in [4.69, 9.17) is 22.9 Å². The van der Waals surface area contributed by atoms with Crippen molar-refractivity contribution in [1.29, 1.82) is 0 Å². The summed E-state index contributed by atoms with van der Waals surface area (Å²) in [5, 5.41) is 32.2. The number of fused-ring (bicyclic) bond motifs is 5. The van der Waals surface area contributed by atoms with Crippen LogP contribution in [-0.4, -0.2) is 84.2 Å². The third kappa shape index (κ3) is 10.4. The Morgan fingerprint density at radius 3 is 2.09 bits per heavy atom. The summed E-state index contributed by atoms with van der Waals surface area (Å²) in [6.07, 6.45) is 1.39. The monoisotopic (exact) mass is 626 g/mol. The third-order valence-electron chi connectivity index (χ3n) is 7.66. The van der Waals surface area contributed by atoms with Crippen LogP contribution in [0.2, 0.25) is 0 Å². The molecule has 4 atom stereocenters. The Kier molecular flexibility index (Phi) is 13.5. The fourth-order valence-electron chi connectivity index (χ4n) is 5.16. The highest BCUT2D eigenvalue weighted by molar-refractivity contribution is 5.93. The van der Waals surface area contributed by atoms with Crippen molar-refractivity contribution in [3.8, 4) is 22.6 Å². The number of hydrogen-bond acceptors (Lipinski definition) is 10. The molecule has 1 aliphatic heterocycles. The third-order valence-corrected chi connectivity index (χ3v) is 7.66. The van der Waals surface area contributed by atoms with Crippen LogP contribution >= 0.6 is 0 Å². The SMILES string of the molecule is NCCCC(CC(=O)NCCN)NC(=O)[C@@H]1Cc2cc(ccc2O)-c2ccc(O)c(c2)C[C@H](N)C(=O)N[C@@H](CCCN)C(=O)N1. The summed E-state index contributed by atoms with van der Waals surface area (Å²) in [5.41, 5.74) is 25.2. The van der Waals surface area contributed by atoms with E-state index in [1.807, 2.05) is 0 Å². The number of carbonyl (C=O) groups is 4. The zero-order valence-corrected chi connectivity index (χ0v) is 25.4. The Morgan fingerprint density at radius 1 is 0.867 bits per heavy atom. The molecule has 4 amide bonds. The molecule has 1 unspecified atom stereocenters. The van der Waals surface area contributed by atoms with Crippen LogP contribution in [0.4, 0.5) is 0 Å². The number of nitrogens with one attached hydrogen (secondary N) is 4. The molecule has 1 heterocycles. The van der Waals surface area contributed by atoms with Gasteiger partial charge in [0.05, 0.1) is 6.04 Å². The predicted octanol–water partition coefficient (Wildman–Crippen LogP) is -1.41. The fraction of sp³-hybridized carbons (Fsp3) is 0.484. The minimum absolute atomic E-state index is 0.00421. The highest BCUT2D eigenvalue weighted by atomic mass is 16.3. The summed E-state index contributed by atoms with van der Waals surface area (Å²) >= 11 is 0. The smallest absolute Gasteiger partial charge is 0.243 e. The van der Waals surface area contributed by atoms with Crippen LogP contribution in [0.5, 0.6) is 11.5 Å². The van der Waals surface area contributed by atoms with E-state index in [1.165, 1.54) is 12.1 Å². The quantitative estimate of drug-likeness (QED) is 0.132.